The van der Waals surface area contributed by atoms with E-state index in [1.54, 1.807) is 6.20 Å². The molecule has 100 valence electrons. The Morgan fingerprint density at radius 2 is 2.11 bits per heavy atom. The van der Waals surface area contributed by atoms with Gasteiger partial charge >= 0.3 is 0 Å². The highest BCUT2D eigenvalue weighted by Gasteiger charge is 2.28. The molecule has 1 aromatic carbocycles. The number of morpholine rings is 1. The average Bonchev–Trinajstić information content (AvgIpc) is 2.93. The van der Waals surface area contributed by atoms with Gasteiger partial charge in [-0.05, 0) is 12.5 Å². The summed E-state index contributed by atoms with van der Waals surface area (Å²) < 4.78 is 11.0. The lowest BCUT2D eigenvalue weighted by Gasteiger charge is -2.38. The fraction of sp³-hybridized carbons (Fsp3) is 0.400. The summed E-state index contributed by atoms with van der Waals surface area (Å²) in [5.41, 5.74) is 1.29. The van der Waals surface area contributed by atoms with Crippen molar-refractivity contribution in [2.45, 2.75) is 25.6 Å². The normalized spacial score (nSPS) is 24.5. The van der Waals surface area contributed by atoms with E-state index in [1.807, 2.05) is 12.1 Å². The minimum Gasteiger partial charge on any atom is -0.375 e. The van der Waals surface area contributed by atoms with Crippen LogP contribution in [0, 0.1) is 0 Å². The van der Waals surface area contributed by atoms with Gasteiger partial charge in [-0.2, -0.15) is 0 Å². The van der Waals surface area contributed by atoms with Crippen LogP contribution in [-0.2, 0) is 11.3 Å². The molecular formula is C15H18N2O2. The van der Waals surface area contributed by atoms with Crippen molar-refractivity contribution in [2.24, 2.45) is 0 Å². The number of rotatable bonds is 3. The lowest BCUT2D eigenvalue weighted by Crippen LogP contribution is -2.43. The number of aromatic nitrogens is 1. The monoisotopic (exact) mass is 258 g/mol. The van der Waals surface area contributed by atoms with Gasteiger partial charge in [-0.15, -0.1) is 0 Å². The molecule has 2 heterocycles. The Bertz CT molecular complexity index is 498. The molecule has 0 radical (unpaired) electrons. The van der Waals surface area contributed by atoms with Gasteiger partial charge in [0.25, 0.3) is 0 Å². The SMILES string of the molecule is CC1CN(Cc2ccno2)C(c2ccccc2)CO1. The smallest absolute Gasteiger partial charge is 0.150 e. The van der Waals surface area contributed by atoms with Gasteiger partial charge in [-0.3, -0.25) is 4.90 Å². The highest BCUT2D eigenvalue weighted by atomic mass is 16.5. The van der Waals surface area contributed by atoms with Crippen LogP contribution in [0.15, 0.2) is 47.1 Å². The maximum Gasteiger partial charge on any atom is 0.150 e. The molecule has 4 heteroatoms. The van der Waals surface area contributed by atoms with Crippen molar-refractivity contribution in [2.75, 3.05) is 13.2 Å². The van der Waals surface area contributed by atoms with Gasteiger partial charge in [-0.1, -0.05) is 35.5 Å². The molecule has 0 N–H and O–H groups in total. The average molecular weight is 258 g/mol. The second kappa shape index (κ2) is 5.55. The van der Waals surface area contributed by atoms with Crippen molar-refractivity contribution in [3.8, 4) is 0 Å². The van der Waals surface area contributed by atoms with Crippen molar-refractivity contribution in [3.05, 3.63) is 53.9 Å². The number of nitrogens with zero attached hydrogens (tertiary/aromatic N) is 2. The molecule has 0 saturated carbocycles. The van der Waals surface area contributed by atoms with Crippen LogP contribution in [-0.4, -0.2) is 29.3 Å². The van der Waals surface area contributed by atoms with Crippen LogP contribution in [0.2, 0.25) is 0 Å². The summed E-state index contributed by atoms with van der Waals surface area (Å²) >= 11 is 0. The molecule has 1 saturated heterocycles. The van der Waals surface area contributed by atoms with Crippen molar-refractivity contribution in [1.29, 1.82) is 0 Å². The van der Waals surface area contributed by atoms with E-state index in [9.17, 15) is 0 Å². The van der Waals surface area contributed by atoms with E-state index in [-0.39, 0.29) is 12.1 Å². The van der Waals surface area contributed by atoms with Crippen LogP contribution in [0.3, 0.4) is 0 Å². The Morgan fingerprint density at radius 1 is 1.26 bits per heavy atom. The minimum absolute atomic E-state index is 0.253. The zero-order valence-electron chi connectivity index (χ0n) is 11.0. The Kier molecular flexibility index (Phi) is 3.62. The van der Waals surface area contributed by atoms with E-state index in [1.165, 1.54) is 5.56 Å². The predicted octanol–water partition coefficient (Wildman–Crippen LogP) is 2.64. The molecule has 4 nitrogen and oxygen atoms in total. The molecule has 0 aliphatic carbocycles. The highest BCUT2D eigenvalue weighted by molar-refractivity contribution is 5.20. The third-order valence-electron chi connectivity index (χ3n) is 3.51. The van der Waals surface area contributed by atoms with E-state index >= 15 is 0 Å². The van der Waals surface area contributed by atoms with Gasteiger partial charge in [0.15, 0.2) is 5.76 Å². The van der Waals surface area contributed by atoms with Gasteiger partial charge in [0.1, 0.15) is 0 Å². The largest absolute Gasteiger partial charge is 0.375 e. The van der Waals surface area contributed by atoms with Crippen LogP contribution >= 0.6 is 0 Å². The number of ether oxygens (including phenoxy) is 1. The molecule has 1 aromatic heterocycles. The highest BCUT2D eigenvalue weighted by Crippen LogP contribution is 2.27. The molecule has 19 heavy (non-hydrogen) atoms. The van der Waals surface area contributed by atoms with Gasteiger partial charge in [-0.25, -0.2) is 0 Å². The molecule has 1 fully saturated rings. The molecule has 3 rings (SSSR count). The van der Waals surface area contributed by atoms with E-state index in [0.29, 0.717) is 0 Å². The van der Waals surface area contributed by atoms with E-state index in [0.717, 1.165) is 25.5 Å². The number of hydrogen-bond donors (Lipinski definition) is 0. The standard InChI is InChI=1S/C15H18N2O2/c1-12-9-17(10-14-7-8-16-19-14)15(11-18-12)13-5-3-2-4-6-13/h2-8,12,15H,9-11H2,1H3. The van der Waals surface area contributed by atoms with Gasteiger partial charge < -0.3 is 9.26 Å². The summed E-state index contributed by atoms with van der Waals surface area (Å²) in [6, 6.07) is 12.7. The Hall–Kier alpha value is -1.65. The maximum absolute atomic E-state index is 5.81. The Balaban J connectivity index is 1.80. The van der Waals surface area contributed by atoms with Crippen molar-refractivity contribution in [3.63, 3.8) is 0 Å². The fourth-order valence-corrected chi connectivity index (χ4v) is 2.55. The second-order valence-corrected chi connectivity index (χ2v) is 4.98. The first-order chi connectivity index (χ1) is 9.33. The van der Waals surface area contributed by atoms with Gasteiger partial charge in [0.2, 0.25) is 0 Å². The topological polar surface area (TPSA) is 38.5 Å². The van der Waals surface area contributed by atoms with Crippen LogP contribution < -0.4 is 0 Å². The number of benzene rings is 1. The fourth-order valence-electron chi connectivity index (χ4n) is 2.55. The van der Waals surface area contributed by atoms with E-state index < -0.39 is 0 Å². The van der Waals surface area contributed by atoms with Gasteiger partial charge in [0.05, 0.1) is 31.5 Å². The molecule has 2 unspecified atom stereocenters. The Morgan fingerprint density at radius 3 is 2.84 bits per heavy atom. The summed E-state index contributed by atoms with van der Waals surface area (Å²) in [4.78, 5) is 2.39. The van der Waals surface area contributed by atoms with Crippen LogP contribution in [0.1, 0.15) is 24.3 Å². The van der Waals surface area contributed by atoms with Gasteiger partial charge in [0, 0.05) is 12.6 Å². The molecule has 2 aromatic rings. The molecule has 2 atom stereocenters. The zero-order valence-corrected chi connectivity index (χ0v) is 11.0. The van der Waals surface area contributed by atoms with Crippen molar-refractivity contribution >= 4 is 0 Å². The molecule has 1 aliphatic heterocycles. The molecule has 0 amide bonds. The van der Waals surface area contributed by atoms with Crippen LogP contribution in [0.25, 0.3) is 0 Å². The lowest BCUT2D eigenvalue weighted by atomic mass is 10.0. The van der Waals surface area contributed by atoms with Crippen molar-refractivity contribution < 1.29 is 9.26 Å². The third-order valence-corrected chi connectivity index (χ3v) is 3.51. The first-order valence-corrected chi connectivity index (χ1v) is 6.63. The molecule has 1 aliphatic rings. The first kappa shape index (κ1) is 12.4. The summed E-state index contributed by atoms with van der Waals surface area (Å²) in [6.45, 7) is 4.50. The first-order valence-electron chi connectivity index (χ1n) is 6.63. The maximum atomic E-state index is 5.81. The summed E-state index contributed by atoms with van der Waals surface area (Å²) in [7, 11) is 0. The molecule has 0 spiro atoms. The lowest BCUT2D eigenvalue weighted by molar-refractivity contribution is -0.0621. The predicted molar refractivity (Wildman–Crippen MR) is 71.5 cm³/mol. The minimum atomic E-state index is 0.253. The second-order valence-electron chi connectivity index (χ2n) is 4.98. The molecular weight excluding hydrogens is 240 g/mol. The van der Waals surface area contributed by atoms with E-state index in [2.05, 4.69) is 41.2 Å². The summed E-state index contributed by atoms with van der Waals surface area (Å²) in [5, 5.41) is 3.77. The van der Waals surface area contributed by atoms with Crippen LogP contribution in [0.5, 0.6) is 0 Å². The van der Waals surface area contributed by atoms with Crippen molar-refractivity contribution in [1.82, 2.24) is 10.1 Å². The third kappa shape index (κ3) is 2.85. The molecule has 0 bridgehead atoms. The quantitative estimate of drug-likeness (QED) is 0.848. The summed E-state index contributed by atoms with van der Waals surface area (Å²) in [6.07, 6.45) is 1.94. The number of hydrogen-bond acceptors (Lipinski definition) is 4. The zero-order chi connectivity index (χ0) is 13.1. The summed E-state index contributed by atoms with van der Waals surface area (Å²) in [5.74, 6) is 0.898. The van der Waals surface area contributed by atoms with Crippen LogP contribution in [0.4, 0.5) is 0 Å². The Labute approximate surface area is 113 Å². The van der Waals surface area contributed by atoms with E-state index in [4.69, 9.17) is 9.26 Å².